The van der Waals surface area contributed by atoms with Crippen molar-refractivity contribution in [2.24, 2.45) is 0 Å². The Bertz CT molecular complexity index is 830. The van der Waals surface area contributed by atoms with Crippen LogP contribution in [0.1, 0.15) is 42.3 Å². The number of rotatable bonds is 1. The quantitative estimate of drug-likeness (QED) is 0.481. The molecular weight excluding hydrogens is 314 g/mol. The van der Waals surface area contributed by atoms with Crippen molar-refractivity contribution in [3.8, 4) is 11.5 Å². The summed E-state index contributed by atoms with van der Waals surface area (Å²) < 4.78 is 7.95. The first-order valence-corrected chi connectivity index (χ1v) is 12.2. The van der Waals surface area contributed by atoms with Crippen molar-refractivity contribution in [2.75, 3.05) is 12.3 Å². The van der Waals surface area contributed by atoms with Crippen molar-refractivity contribution in [2.45, 2.75) is 59.0 Å². The standard InChI is InChI=1S/C19H27N3OSi/c1-13-15(9-11-24(3,4)5)19-14(2)21-22(17(19)12-16(13)20)18-8-6-7-10-23-18/h12,18H,6-8,10,20H2,1-5H3. The number of ether oxygens (including phenoxy) is 1. The fraction of sp³-hybridized carbons (Fsp3) is 0.526. The minimum Gasteiger partial charge on any atom is -0.398 e. The summed E-state index contributed by atoms with van der Waals surface area (Å²) >= 11 is 0. The summed E-state index contributed by atoms with van der Waals surface area (Å²) in [7, 11) is -1.46. The number of aryl methyl sites for hydroxylation is 1. The van der Waals surface area contributed by atoms with E-state index in [-0.39, 0.29) is 6.23 Å². The van der Waals surface area contributed by atoms with Gasteiger partial charge in [-0.05, 0) is 44.7 Å². The lowest BCUT2D eigenvalue weighted by Gasteiger charge is -2.23. The molecule has 0 bridgehead atoms. The Balaban J connectivity index is 2.22. The topological polar surface area (TPSA) is 53.1 Å². The van der Waals surface area contributed by atoms with Crippen LogP contribution in [-0.2, 0) is 4.74 Å². The van der Waals surface area contributed by atoms with E-state index in [2.05, 4.69) is 45.0 Å². The molecule has 2 aromatic rings. The molecule has 2 heterocycles. The summed E-state index contributed by atoms with van der Waals surface area (Å²) in [5, 5.41) is 5.91. The van der Waals surface area contributed by atoms with E-state index in [1.807, 2.05) is 10.7 Å². The van der Waals surface area contributed by atoms with Gasteiger partial charge in [-0.1, -0.05) is 25.6 Å². The highest BCUT2D eigenvalue weighted by atomic mass is 28.3. The number of nitrogens with two attached hydrogens (primary N) is 1. The number of anilines is 1. The fourth-order valence-corrected chi connectivity index (χ4v) is 3.64. The molecule has 0 aliphatic carbocycles. The molecule has 5 heteroatoms. The first kappa shape index (κ1) is 17.1. The van der Waals surface area contributed by atoms with Gasteiger partial charge in [0.05, 0.1) is 11.2 Å². The van der Waals surface area contributed by atoms with Crippen LogP contribution >= 0.6 is 0 Å². The summed E-state index contributed by atoms with van der Waals surface area (Å²) in [6.45, 7) is 11.7. The van der Waals surface area contributed by atoms with Crippen molar-refractivity contribution in [1.82, 2.24) is 9.78 Å². The molecule has 1 aliphatic rings. The molecule has 1 atom stereocenters. The number of hydrogen-bond acceptors (Lipinski definition) is 3. The highest BCUT2D eigenvalue weighted by Gasteiger charge is 2.22. The smallest absolute Gasteiger partial charge is 0.150 e. The zero-order chi connectivity index (χ0) is 17.5. The molecule has 0 amide bonds. The number of nitrogens with zero attached hydrogens (tertiary/aromatic N) is 2. The minimum absolute atomic E-state index is 0.00913. The molecular formula is C19H27N3OSi. The maximum absolute atomic E-state index is 6.30. The van der Waals surface area contributed by atoms with Crippen LogP contribution in [0, 0.1) is 25.3 Å². The van der Waals surface area contributed by atoms with Crippen LogP contribution in [0.15, 0.2) is 6.07 Å². The highest BCUT2D eigenvalue weighted by Crippen LogP contribution is 2.33. The van der Waals surface area contributed by atoms with Crippen molar-refractivity contribution in [3.63, 3.8) is 0 Å². The summed E-state index contributed by atoms with van der Waals surface area (Å²) in [6, 6.07) is 2.03. The third kappa shape index (κ3) is 3.21. The van der Waals surface area contributed by atoms with Crippen LogP contribution in [-0.4, -0.2) is 24.5 Å². The zero-order valence-electron chi connectivity index (χ0n) is 15.4. The lowest BCUT2D eigenvalue weighted by Crippen LogP contribution is -2.19. The van der Waals surface area contributed by atoms with Crippen LogP contribution in [0.25, 0.3) is 10.9 Å². The second kappa shape index (κ2) is 6.27. The summed E-state index contributed by atoms with van der Waals surface area (Å²) in [5.74, 6) is 3.43. The normalized spacial score (nSPS) is 18.5. The third-order valence-corrected chi connectivity index (χ3v) is 5.34. The Labute approximate surface area is 145 Å². The third-order valence-electron chi connectivity index (χ3n) is 4.46. The molecule has 1 saturated heterocycles. The summed E-state index contributed by atoms with van der Waals surface area (Å²) in [5.41, 5.74) is 14.7. The molecule has 0 radical (unpaired) electrons. The monoisotopic (exact) mass is 341 g/mol. The lowest BCUT2D eigenvalue weighted by molar-refractivity contribution is -0.0368. The average Bonchev–Trinajstić information content (AvgIpc) is 2.84. The van der Waals surface area contributed by atoms with E-state index in [4.69, 9.17) is 15.6 Å². The van der Waals surface area contributed by atoms with E-state index >= 15 is 0 Å². The molecule has 24 heavy (non-hydrogen) atoms. The molecule has 0 spiro atoms. The maximum Gasteiger partial charge on any atom is 0.150 e. The Hall–Kier alpha value is -1.77. The number of aromatic nitrogens is 2. The summed E-state index contributed by atoms with van der Waals surface area (Å²) in [4.78, 5) is 0. The van der Waals surface area contributed by atoms with Crippen molar-refractivity contribution < 1.29 is 4.74 Å². The van der Waals surface area contributed by atoms with Crippen LogP contribution in [0.3, 0.4) is 0 Å². The second-order valence-corrected chi connectivity index (χ2v) is 12.5. The fourth-order valence-electron chi connectivity index (χ4n) is 3.14. The van der Waals surface area contributed by atoms with E-state index in [1.54, 1.807) is 0 Å². The van der Waals surface area contributed by atoms with Crippen molar-refractivity contribution in [1.29, 1.82) is 0 Å². The van der Waals surface area contributed by atoms with Gasteiger partial charge in [-0.2, -0.15) is 5.10 Å². The lowest BCUT2D eigenvalue weighted by atomic mass is 10.0. The predicted octanol–water partition coefficient (Wildman–Crippen LogP) is 4.16. The van der Waals surface area contributed by atoms with E-state index in [0.717, 1.165) is 52.9 Å². The molecule has 0 saturated carbocycles. The van der Waals surface area contributed by atoms with Gasteiger partial charge in [-0.25, -0.2) is 4.68 Å². The SMILES string of the molecule is Cc1c(N)cc2c(c(C)nn2C2CCCCO2)c1C#C[Si](C)(C)C. The Morgan fingerprint density at radius 3 is 2.67 bits per heavy atom. The first-order chi connectivity index (χ1) is 11.3. The first-order valence-electron chi connectivity index (χ1n) is 8.70. The van der Waals surface area contributed by atoms with Gasteiger partial charge in [-0.3, -0.25) is 0 Å². The van der Waals surface area contributed by atoms with Gasteiger partial charge in [0, 0.05) is 23.2 Å². The number of fused-ring (bicyclic) bond motifs is 1. The Kier molecular flexibility index (Phi) is 4.46. The van der Waals surface area contributed by atoms with Crippen LogP contribution in [0.5, 0.6) is 0 Å². The molecule has 1 aromatic heterocycles. The van der Waals surface area contributed by atoms with E-state index in [1.165, 1.54) is 6.42 Å². The maximum atomic E-state index is 6.30. The van der Waals surface area contributed by atoms with Gasteiger partial charge in [0.2, 0.25) is 0 Å². The Morgan fingerprint density at radius 1 is 1.29 bits per heavy atom. The molecule has 1 fully saturated rings. The zero-order valence-corrected chi connectivity index (χ0v) is 16.4. The van der Waals surface area contributed by atoms with E-state index in [0.29, 0.717) is 0 Å². The van der Waals surface area contributed by atoms with Gasteiger partial charge in [0.15, 0.2) is 6.23 Å². The summed E-state index contributed by atoms with van der Waals surface area (Å²) in [6.07, 6.45) is 3.31. The van der Waals surface area contributed by atoms with Crippen LogP contribution in [0.2, 0.25) is 19.6 Å². The molecule has 3 rings (SSSR count). The van der Waals surface area contributed by atoms with Gasteiger partial charge >= 0.3 is 0 Å². The number of nitrogen functional groups attached to an aromatic ring is 1. The average molecular weight is 342 g/mol. The molecule has 1 unspecified atom stereocenters. The predicted molar refractivity (Wildman–Crippen MR) is 103 cm³/mol. The minimum atomic E-state index is -1.46. The molecule has 128 valence electrons. The largest absolute Gasteiger partial charge is 0.398 e. The van der Waals surface area contributed by atoms with Gasteiger partial charge < -0.3 is 10.5 Å². The van der Waals surface area contributed by atoms with Crippen LogP contribution < -0.4 is 5.73 Å². The van der Waals surface area contributed by atoms with Gasteiger partial charge in [0.1, 0.15) is 8.07 Å². The van der Waals surface area contributed by atoms with Crippen molar-refractivity contribution in [3.05, 3.63) is 22.9 Å². The number of benzene rings is 1. The molecule has 4 nitrogen and oxygen atoms in total. The Morgan fingerprint density at radius 2 is 2.04 bits per heavy atom. The van der Waals surface area contributed by atoms with E-state index < -0.39 is 8.07 Å². The number of hydrogen-bond donors (Lipinski definition) is 1. The van der Waals surface area contributed by atoms with Crippen molar-refractivity contribution >= 4 is 24.7 Å². The van der Waals surface area contributed by atoms with Gasteiger partial charge in [0.25, 0.3) is 0 Å². The van der Waals surface area contributed by atoms with E-state index in [9.17, 15) is 0 Å². The van der Waals surface area contributed by atoms with Crippen LogP contribution in [0.4, 0.5) is 5.69 Å². The second-order valence-electron chi connectivity index (χ2n) is 7.71. The molecule has 1 aliphatic heterocycles. The van der Waals surface area contributed by atoms with Gasteiger partial charge in [-0.15, -0.1) is 5.54 Å². The molecule has 1 aromatic carbocycles. The molecule has 2 N–H and O–H groups in total. The highest BCUT2D eigenvalue weighted by molar-refractivity contribution is 6.83.